The normalized spacial score (nSPS) is 12.0. The summed E-state index contributed by atoms with van der Waals surface area (Å²) in [5.74, 6) is -1.21. The van der Waals surface area contributed by atoms with Crippen LogP contribution in [0, 0.1) is 11.8 Å². The van der Waals surface area contributed by atoms with Crippen LogP contribution in [-0.4, -0.2) is 23.7 Å². The predicted molar refractivity (Wildman–Crippen MR) is 89.4 cm³/mol. The summed E-state index contributed by atoms with van der Waals surface area (Å²) in [5, 5.41) is 14.4. The van der Waals surface area contributed by atoms with Crippen molar-refractivity contribution in [2.45, 2.75) is 20.3 Å². The standard InChI is InChI=1S/C14H18Br2N2O3/c1-8(2)5-9(13(19)20)7-17-14(21)18-12-4-3-10(15)6-11(12)16/h3-4,6,8-9H,5,7H2,1-2H3,(H,19,20)(H2,17,18,21). The summed E-state index contributed by atoms with van der Waals surface area (Å²) in [7, 11) is 0. The third-order valence-electron chi connectivity index (χ3n) is 2.79. The Hall–Kier alpha value is -1.08. The molecule has 1 unspecified atom stereocenters. The van der Waals surface area contributed by atoms with E-state index >= 15 is 0 Å². The molecule has 0 radical (unpaired) electrons. The van der Waals surface area contributed by atoms with Crippen LogP contribution in [0.3, 0.4) is 0 Å². The van der Waals surface area contributed by atoms with Gasteiger partial charge in [-0.05, 0) is 46.5 Å². The molecular weight excluding hydrogens is 404 g/mol. The highest BCUT2D eigenvalue weighted by Gasteiger charge is 2.19. The van der Waals surface area contributed by atoms with Crippen LogP contribution < -0.4 is 10.6 Å². The summed E-state index contributed by atoms with van der Waals surface area (Å²) in [5.41, 5.74) is 0.617. The molecule has 0 aliphatic rings. The van der Waals surface area contributed by atoms with Crippen LogP contribution in [0.4, 0.5) is 10.5 Å². The van der Waals surface area contributed by atoms with E-state index in [1.807, 2.05) is 19.9 Å². The van der Waals surface area contributed by atoms with E-state index in [9.17, 15) is 9.59 Å². The minimum atomic E-state index is -0.895. The third kappa shape index (κ3) is 6.48. The van der Waals surface area contributed by atoms with E-state index in [-0.39, 0.29) is 12.5 Å². The fraction of sp³-hybridized carbons (Fsp3) is 0.429. The molecule has 0 saturated carbocycles. The number of hydrogen-bond donors (Lipinski definition) is 3. The zero-order valence-corrected chi connectivity index (χ0v) is 15.0. The maximum absolute atomic E-state index is 11.8. The number of halogens is 2. The van der Waals surface area contributed by atoms with Gasteiger partial charge in [-0.2, -0.15) is 0 Å². The van der Waals surface area contributed by atoms with E-state index < -0.39 is 17.9 Å². The smallest absolute Gasteiger partial charge is 0.319 e. The molecule has 1 aromatic rings. The number of nitrogens with one attached hydrogen (secondary N) is 2. The molecule has 0 bridgehead atoms. The molecule has 0 fully saturated rings. The molecule has 0 aromatic heterocycles. The monoisotopic (exact) mass is 420 g/mol. The molecule has 0 heterocycles. The van der Waals surface area contributed by atoms with Crippen molar-refractivity contribution in [1.29, 1.82) is 0 Å². The van der Waals surface area contributed by atoms with E-state index in [0.29, 0.717) is 12.1 Å². The van der Waals surface area contributed by atoms with Crippen molar-refractivity contribution >= 4 is 49.5 Å². The van der Waals surface area contributed by atoms with Crippen molar-refractivity contribution in [3.05, 3.63) is 27.1 Å². The molecule has 0 aliphatic heterocycles. The maximum Gasteiger partial charge on any atom is 0.319 e. The number of aliphatic carboxylic acids is 1. The first-order valence-corrected chi connectivity index (χ1v) is 8.11. The molecule has 1 atom stereocenters. The number of rotatable bonds is 6. The van der Waals surface area contributed by atoms with Crippen molar-refractivity contribution in [2.24, 2.45) is 11.8 Å². The highest BCUT2D eigenvalue weighted by molar-refractivity contribution is 9.11. The second-order valence-electron chi connectivity index (χ2n) is 5.12. The van der Waals surface area contributed by atoms with Crippen LogP contribution in [0.2, 0.25) is 0 Å². The molecule has 5 nitrogen and oxygen atoms in total. The summed E-state index contributed by atoms with van der Waals surface area (Å²) >= 11 is 6.67. The second-order valence-corrected chi connectivity index (χ2v) is 6.89. The minimum absolute atomic E-state index is 0.105. The van der Waals surface area contributed by atoms with Gasteiger partial charge < -0.3 is 15.7 Å². The van der Waals surface area contributed by atoms with Gasteiger partial charge in [-0.15, -0.1) is 0 Å². The van der Waals surface area contributed by atoms with Crippen LogP contribution in [0.1, 0.15) is 20.3 Å². The van der Waals surface area contributed by atoms with Crippen molar-refractivity contribution < 1.29 is 14.7 Å². The number of carbonyl (C=O) groups is 2. The van der Waals surface area contributed by atoms with Gasteiger partial charge in [0.05, 0.1) is 11.6 Å². The fourth-order valence-electron chi connectivity index (χ4n) is 1.81. The average Bonchev–Trinajstić information content (AvgIpc) is 2.37. The van der Waals surface area contributed by atoms with Gasteiger partial charge in [0.2, 0.25) is 0 Å². The summed E-state index contributed by atoms with van der Waals surface area (Å²) < 4.78 is 1.63. The Bertz CT molecular complexity index is 521. The third-order valence-corrected chi connectivity index (χ3v) is 3.94. The van der Waals surface area contributed by atoms with Gasteiger partial charge in [-0.3, -0.25) is 4.79 Å². The molecule has 21 heavy (non-hydrogen) atoms. The highest BCUT2D eigenvalue weighted by Crippen LogP contribution is 2.26. The number of carbonyl (C=O) groups excluding carboxylic acids is 1. The molecular formula is C14H18Br2N2O3. The quantitative estimate of drug-likeness (QED) is 0.647. The zero-order chi connectivity index (χ0) is 16.0. The summed E-state index contributed by atoms with van der Waals surface area (Å²) in [6.07, 6.45) is 0.525. The Morgan fingerprint density at radius 2 is 1.95 bits per heavy atom. The molecule has 1 rings (SSSR count). The number of amides is 2. The number of carboxylic acid groups (broad SMARTS) is 1. The van der Waals surface area contributed by atoms with Crippen molar-refractivity contribution in [2.75, 3.05) is 11.9 Å². The fourth-order valence-corrected chi connectivity index (χ4v) is 2.96. The summed E-state index contributed by atoms with van der Waals surface area (Å²) in [4.78, 5) is 22.9. The number of urea groups is 1. The molecule has 116 valence electrons. The summed E-state index contributed by atoms with van der Waals surface area (Å²) in [6.45, 7) is 4.01. The van der Waals surface area contributed by atoms with Crippen LogP contribution in [0.25, 0.3) is 0 Å². The van der Waals surface area contributed by atoms with E-state index in [2.05, 4.69) is 42.5 Å². The maximum atomic E-state index is 11.8. The van der Waals surface area contributed by atoms with Crippen molar-refractivity contribution in [1.82, 2.24) is 5.32 Å². The first-order chi connectivity index (χ1) is 9.79. The number of hydrogen-bond acceptors (Lipinski definition) is 2. The lowest BCUT2D eigenvalue weighted by molar-refractivity contribution is -0.142. The average molecular weight is 422 g/mol. The first-order valence-electron chi connectivity index (χ1n) is 6.52. The number of carboxylic acids is 1. The van der Waals surface area contributed by atoms with Gasteiger partial charge in [0.15, 0.2) is 0 Å². The number of anilines is 1. The first kappa shape index (κ1) is 18.0. The highest BCUT2D eigenvalue weighted by atomic mass is 79.9. The van der Waals surface area contributed by atoms with Gasteiger partial charge >= 0.3 is 12.0 Å². The second kappa shape index (κ2) is 8.38. The number of benzene rings is 1. The lowest BCUT2D eigenvalue weighted by atomic mass is 9.97. The lowest BCUT2D eigenvalue weighted by Crippen LogP contribution is -2.36. The molecule has 0 saturated heterocycles. The van der Waals surface area contributed by atoms with E-state index in [1.165, 1.54) is 0 Å². The van der Waals surface area contributed by atoms with E-state index in [4.69, 9.17) is 5.11 Å². The van der Waals surface area contributed by atoms with Gasteiger partial charge in [-0.1, -0.05) is 29.8 Å². The van der Waals surface area contributed by atoms with Crippen molar-refractivity contribution in [3.63, 3.8) is 0 Å². The van der Waals surface area contributed by atoms with Crippen LogP contribution in [-0.2, 0) is 4.79 Å². The Balaban J connectivity index is 2.54. The topological polar surface area (TPSA) is 78.4 Å². The van der Waals surface area contributed by atoms with E-state index in [0.717, 1.165) is 8.95 Å². The minimum Gasteiger partial charge on any atom is -0.481 e. The molecule has 3 N–H and O–H groups in total. The largest absolute Gasteiger partial charge is 0.481 e. The van der Waals surface area contributed by atoms with Gasteiger partial charge in [0.25, 0.3) is 0 Å². The Morgan fingerprint density at radius 3 is 2.48 bits per heavy atom. The Kier molecular flexibility index (Phi) is 7.17. The SMILES string of the molecule is CC(C)CC(CNC(=O)Nc1ccc(Br)cc1Br)C(=O)O. The van der Waals surface area contributed by atoms with Gasteiger partial charge in [0, 0.05) is 15.5 Å². The zero-order valence-electron chi connectivity index (χ0n) is 11.8. The van der Waals surface area contributed by atoms with Crippen LogP contribution >= 0.6 is 31.9 Å². The van der Waals surface area contributed by atoms with Crippen LogP contribution in [0.5, 0.6) is 0 Å². The van der Waals surface area contributed by atoms with Crippen LogP contribution in [0.15, 0.2) is 27.1 Å². The van der Waals surface area contributed by atoms with Gasteiger partial charge in [-0.25, -0.2) is 4.79 Å². The molecule has 0 spiro atoms. The molecule has 1 aromatic carbocycles. The molecule has 7 heteroatoms. The molecule has 0 aliphatic carbocycles. The Labute approximate surface area is 140 Å². The molecule has 2 amide bonds. The van der Waals surface area contributed by atoms with Gasteiger partial charge in [0.1, 0.15) is 0 Å². The van der Waals surface area contributed by atoms with Crippen molar-refractivity contribution in [3.8, 4) is 0 Å². The summed E-state index contributed by atoms with van der Waals surface area (Å²) in [6, 6.07) is 4.94. The predicted octanol–water partition coefficient (Wildman–Crippen LogP) is 4.08. The van der Waals surface area contributed by atoms with E-state index in [1.54, 1.807) is 12.1 Å². The lowest BCUT2D eigenvalue weighted by Gasteiger charge is -2.16. The Morgan fingerprint density at radius 1 is 1.29 bits per heavy atom.